The molecule has 56 valence electrons. The van der Waals surface area contributed by atoms with Crippen molar-refractivity contribution < 1.29 is 4.42 Å². The molecule has 0 unspecified atom stereocenters. The number of aromatic amines is 1. The Bertz CT molecular complexity index is 340. The Morgan fingerprint density at radius 3 is 3.00 bits per heavy atom. The molecule has 11 heavy (non-hydrogen) atoms. The van der Waals surface area contributed by atoms with Crippen LogP contribution in [0.3, 0.4) is 0 Å². The van der Waals surface area contributed by atoms with Gasteiger partial charge in [0.25, 0.3) is 0 Å². The van der Waals surface area contributed by atoms with E-state index < -0.39 is 0 Å². The van der Waals surface area contributed by atoms with Crippen LogP contribution in [0.2, 0.25) is 5.02 Å². The van der Waals surface area contributed by atoms with E-state index in [1.807, 2.05) is 0 Å². The van der Waals surface area contributed by atoms with E-state index in [-0.39, 0.29) is 0 Å². The van der Waals surface area contributed by atoms with Gasteiger partial charge in [-0.25, -0.2) is 4.98 Å². The molecule has 1 N–H and O–H groups in total. The van der Waals surface area contributed by atoms with Crippen LogP contribution in [0.4, 0.5) is 0 Å². The Labute approximate surface area is 67.2 Å². The molecule has 0 bridgehead atoms. The van der Waals surface area contributed by atoms with Gasteiger partial charge in [-0.3, -0.25) is 5.10 Å². The molecule has 2 heterocycles. The average Bonchev–Trinajstić information content (AvgIpc) is 2.55. The molecule has 2 rings (SSSR count). The van der Waals surface area contributed by atoms with Gasteiger partial charge in [0.1, 0.15) is 12.0 Å². The highest BCUT2D eigenvalue weighted by atomic mass is 35.5. The zero-order valence-electron chi connectivity index (χ0n) is 5.41. The number of hydrogen-bond donors (Lipinski definition) is 1. The molecule has 0 atom stereocenters. The van der Waals surface area contributed by atoms with Crippen molar-refractivity contribution in [2.45, 2.75) is 0 Å². The third-order valence-electron chi connectivity index (χ3n) is 1.24. The quantitative estimate of drug-likeness (QED) is 0.707. The highest BCUT2D eigenvalue weighted by molar-refractivity contribution is 6.32. The van der Waals surface area contributed by atoms with E-state index >= 15 is 0 Å². The van der Waals surface area contributed by atoms with E-state index in [1.165, 1.54) is 12.5 Å². The molecule has 2 aromatic heterocycles. The summed E-state index contributed by atoms with van der Waals surface area (Å²) < 4.78 is 4.99. The first kappa shape index (κ1) is 6.42. The van der Waals surface area contributed by atoms with Gasteiger partial charge in [0, 0.05) is 0 Å². The third kappa shape index (κ3) is 1.01. The lowest BCUT2D eigenvalue weighted by molar-refractivity contribution is 0.572. The second-order valence-corrected chi connectivity index (χ2v) is 2.34. The molecule has 0 radical (unpaired) electrons. The van der Waals surface area contributed by atoms with E-state index in [2.05, 4.69) is 15.2 Å². The molecule has 2 aromatic rings. The molecular weight excluding hydrogens is 166 g/mol. The smallest absolute Gasteiger partial charge is 0.245 e. The first-order chi connectivity index (χ1) is 5.38. The summed E-state index contributed by atoms with van der Waals surface area (Å²) in [6.45, 7) is 0. The van der Waals surface area contributed by atoms with Crippen molar-refractivity contribution in [1.29, 1.82) is 0 Å². The van der Waals surface area contributed by atoms with Crippen LogP contribution >= 0.6 is 11.6 Å². The molecular formula is C6H4ClN3O. The van der Waals surface area contributed by atoms with Crippen molar-refractivity contribution in [3.05, 3.63) is 23.7 Å². The molecule has 0 aliphatic rings. The molecule has 0 saturated carbocycles. The standard InChI is InChI=1S/C6H4ClN3O/c7-4-3-9-10-5(4)6-8-1-2-11-6/h1-3H,(H,9,10). The number of aromatic nitrogens is 3. The molecule has 0 aromatic carbocycles. The topological polar surface area (TPSA) is 54.7 Å². The number of oxazole rings is 1. The predicted octanol–water partition coefficient (Wildman–Crippen LogP) is 1.72. The van der Waals surface area contributed by atoms with Gasteiger partial charge in [-0.1, -0.05) is 11.6 Å². The molecule has 0 aliphatic heterocycles. The maximum absolute atomic E-state index is 5.74. The molecule has 4 nitrogen and oxygen atoms in total. The molecule has 5 heteroatoms. The zero-order valence-corrected chi connectivity index (χ0v) is 6.17. The van der Waals surface area contributed by atoms with Gasteiger partial charge in [0.2, 0.25) is 5.89 Å². The Morgan fingerprint density at radius 1 is 1.55 bits per heavy atom. The van der Waals surface area contributed by atoms with Gasteiger partial charge in [-0.15, -0.1) is 0 Å². The Morgan fingerprint density at radius 2 is 2.45 bits per heavy atom. The predicted molar refractivity (Wildman–Crippen MR) is 39.1 cm³/mol. The van der Waals surface area contributed by atoms with E-state index in [0.717, 1.165) is 0 Å². The van der Waals surface area contributed by atoms with Gasteiger partial charge < -0.3 is 4.42 Å². The van der Waals surface area contributed by atoms with Crippen LogP contribution in [0.15, 0.2) is 23.1 Å². The van der Waals surface area contributed by atoms with Crippen LogP contribution in [-0.4, -0.2) is 15.2 Å². The van der Waals surface area contributed by atoms with Crippen LogP contribution < -0.4 is 0 Å². The highest BCUT2D eigenvalue weighted by Gasteiger charge is 2.08. The van der Waals surface area contributed by atoms with Crippen molar-refractivity contribution in [2.24, 2.45) is 0 Å². The molecule has 0 aliphatic carbocycles. The normalized spacial score (nSPS) is 10.3. The number of nitrogens with zero attached hydrogens (tertiary/aromatic N) is 2. The minimum atomic E-state index is 0.451. The lowest BCUT2D eigenvalue weighted by Crippen LogP contribution is -1.76. The van der Waals surface area contributed by atoms with Crippen LogP contribution in [-0.2, 0) is 0 Å². The summed E-state index contributed by atoms with van der Waals surface area (Å²) in [5.41, 5.74) is 0.608. The summed E-state index contributed by atoms with van der Waals surface area (Å²) in [4.78, 5) is 3.90. The van der Waals surface area contributed by atoms with E-state index in [4.69, 9.17) is 16.0 Å². The summed E-state index contributed by atoms with van der Waals surface area (Å²) in [7, 11) is 0. The molecule has 0 saturated heterocycles. The summed E-state index contributed by atoms with van der Waals surface area (Å²) in [5, 5.41) is 6.90. The second kappa shape index (κ2) is 2.39. The fraction of sp³-hybridized carbons (Fsp3) is 0. The minimum absolute atomic E-state index is 0.451. The van der Waals surface area contributed by atoms with Gasteiger partial charge in [-0.05, 0) is 0 Å². The fourth-order valence-electron chi connectivity index (χ4n) is 0.768. The van der Waals surface area contributed by atoms with Crippen molar-refractivity contribution in [2.75, 3.05) is 0 Å². The Hall–Kier alpha value is -1.29. The van der Waals surface area contributed by atoms with Gasteiger partial charge in [0.15, 0.2) is 0 Å². The summed E-state index contributed by atoms with van der Waals surface area (Å²) in [5.74, 6) is 0.451. The number of halogens is 1. The van der Waals surface area contributed by atoms with Crippen LogP contribution in [0, 0.1) is 0 Å². The summed E-state index contributed by atoms with van der Waals surface area (Å²) in [6.07, 6.45) is 4.53. The first-order valence-corrected chi connectivity index (χ1v) is 3.34. The van der Waals surface area contributed by atoms with Gasteiger partial charge >= 0.3 is 0 Å². The van der Waals surface area contributed by atoms with Crippen LogP contribution in [0.25, 0.3) is 11.6 Å². The van der Waals surface area contributed by atoms with Crippen LogP contribution in [0.5, 0.6) is 0 Å². The maximum atomic E-state index is 5.74. The lowest BCUT2D eigenvalue weighted by Gasteiger charge is -1.87. The second-order valence-electron chi connectivity index (χ2n) is 1.93. The molecule has 0 fully saturated rings. The molecule has 0 amide bonds. The lowest BCUT2D eigenvalue weighted by atomic mass is 10.4. The monoisotopic (exact) mass is 169 g/mol. The average molecular weight is 170 g/mol. The highest BCUT2D eigenvalue weighted by Crippen LogP contribution is 2.22. The van der Waals surface area contributed by atoms with E-state index in [0.29, 0.717) is 16.6 Å². The number of H-pyrrole nitrogens is 1. The fourth-order valence-corrected chi connectivity index (χ4v) is 0.940. The van der Waals surface area contributed by atoms with E-state index in [9.17, 15) is 0 Å². The number of rotatable bonds is 1. The van der Waals surface area contributed by atoms with Gasteiger partial charge in [0.05, 0.1) is 17.4 Å². The minimum Gasteiger partial charge on any atom is -0.443 e. The van der Waals surface area contributed by atoms with Crippen molar-refractivity contribution in [3.8, 4) is 11.6 Å². The summed E-state index contributed by atoms with van der Waals surface area (Å²) in [6, 6.07) is 0. The van der Waals surface area contributed by atoms with Crippen molar-refractivity contribution in [1.82, 2.24) is 15.2 Å². The van der Waals surface area contributed by atoms with Crippen molar-refractivity contribution in [3.63, 3.8) is 0 Å². The Balaban J connectivity index is 2.53. The number of hydrogen-bond acceptors (Lipinski definition) is 3. The SMILES string of the molecule is Clc1cn[nH]c1-c1ncco1. The first-order valence-electron chi connectivity index (χ1n) is 2.96. The van der Waals surface area contributed by atoms with Gasteiger partial charge in [-0.2, -0.15) is 5.10 Å². The van der Waals surface area contributed by atoms with Crippen molar-refractivity contribution >= 4 is 11.6 Å². The Kier molecular flexibility index (Phi) is 1.40. The zero-order chi connectivity index (χ0) is 7.68. The summed E-state index contributed by atoms with van der Waals surface area (Å²) >= 11 is 5.74. The van der Waals surface area contributed by atoms with E-state index in [1.54, 1.807) is 6.20 Å². The van der Waals surface area contributed by atoms with Crippen LogP contribution in [0.1, 0.15) is 0 Å². The largest absolute Gasteiger partial charge is 0.443 e. The maximum Gasteiger partial charge on any atom is 0.245 e. The molecule has 0 spiro atoms. The third-order valence-corrected chi connectivity index (χ3v) is 1.53. The number of nitrogens with one attached hydrogen (secondary N) is 1.